The third kappa shape index (κ3) is 3.94. The third-order valence-electron chi connectivity index (χ3n) is 3.16. The van der Waals surface area contributed by atoms with E-state index in [-0.39, 0.29) is 11.5 Å². The van der Waals surface area contributed by atoms with Gasteiger partial charge in [-0.3, -0.25) is 11.3 Å². The molecule has 0 aromatic heterocycles. The lowest BCUT2D eigenvalue weighted by atomic mass is 9.82. The zero-order chi connectivity index (χ0) is 15.6. The van der Waals surface area contributed by atoms with Crippen molar-refractivity contribution < 1.29 is 17.9 Å². The number of halogens is 3. The van der Waals surface area contributed by atoms with Crippen LogP contribution in [-0.4, -0.2) is 13.2 Å². The quantitative estimate of drug-likeness (QED) is 0.661. The summed E-state index contributed by atoms with van der Waals surface area (Å²) < 4.78 is 43.7. The number of ether oxygens (including phenoxy) is 1. The first-order valence-electron chi connectivity index (χ1n) is 6.27. The van der Waals surface area contributed by atoms with E-state index in [1.165, 1.54) is 13.2 Å². The molecule has 1 rings (SSSR count). The molecule has 0 aliphatic heterocycles. The minimum absolute atomic E-state index is 0.278. The molecule has 0 aliphatic rings. The van der Waals surface area contributed by atoms with Crippen molar-refractivity contribution in [3.05, 3.63) is 35.4 Å². The van der Waals surface area contributed by atoms with Gasteiger partial charge in [-0.15, -0.1) is 0 Å². The van der Waals surface area contributed by atoms with Crippen molar-refractivity contribution in [3.63, 3.8) is 0 Å². The molecular weight excluding hydrogens is 269 g/mol. The largest absolute Gasteiger partial charge is 0.416 e. The predicted molar refractivity (Wildman–Crippen MR) is 71.8 cm³/mol. The summed E-state index contributed by atoms with van der Waals surface area (Å²) in [6.45, 7) is 5.83. The van der Waals surface area contributed by atoms with Gasteiger partial charge in [-0.1, -0.05) is 32.9 Å². The summed E-state index contributed by atoms with van der Waals surface area (Å²) in [4.78, 5) is 0. The van der Waals surface area contributed by atoms with Crippen LogP contribution < -0.4 is 11.3 Å². The zero-order valence-corrected chi connectivity index (χ0v) is 12.1. The maximum atomic E-state index is 12.8. The van der Waals surface area contributed by atoms with Gasteiger partial charge < -0.3 is 4.74 Å². The van der Waals surface area contributed by atoms with Crippen LogP contribution in [0.5, 0.6) is 0 Å². The van der Waals surface area contributed by atoms with Crippen LogP contribution in [0.25, 0.3) is 0 Å². The van der Waals surface area contributed by atoms with Gasteiger partial charge >= 0.3 is 6.18 Å². The number of hydrogen-bond donors (Lipinski definition) is 2. The van der Waals surface area contributed by atoms with Crippen LogP contribution in [0, 0.1) is 5.41 Å². The van der Waals surface area contributed by atoms with Crippen LogP contribution in [0.15, 0.2) is 24.3 Å². The number of rotatable bonds is 4. The first-order chi connectivity index (χ1) is 9.11. The maximum Gasteiger partial charge on any atom is 0.416 e. The average Bonchev–Trinajstić information content (AvgIpc) is 2.33. The van der Waals surface area contributed by atoms with Gasteiger partial charge in [-0.2, -0.15) is 13.2 Å². The van der Waals surface area contributed by atoms with E-state index in [9.17, 15) is 13.2 Å². The molecule has 0 aliphatic carbocycles. The lowest BCUT2D eigenvalue weighted by Gasteiger charge is -2.36. The van der Waals surface area contributed by atoms with Crippen LogP contribution >= 0.6 is 0 Å². The topological polar surface area (TPSA) is 47.3 Å². The van der Waals surface area contributed by atoms with E-state index in [1.54, 1.807) is 6.07 Å². The van der Waals surface area contributed by atoms with E-state index in [2.05, 4.69) is 5.43 Å². The van der Waals surface area contributed by atoms with E-state index >= 15 is 0 Å². The number of alkyl halides is 3. The molecule has 0 heterocycles. The number of nitrogens with one attached hydrogen (secondary N) is 1. The number of benzene rings is 1. The molecule has 6 heteroatoms. The molecule has 1 aromatic carbocycles. The molecule has 114 valence electrons. The monoisotopic (exact) mass is 290 g/mol. The van der Waals surface area contributed by atoms with Crippen LogP contribution in [0.1, 0.15) is 37.9 Å². The molecule has 2 unspecified atom stereocenters. The minimum Gasteiger partial charge on any atom is -0.379 e. The molecule has 3 N–H and O–H groups in total. The van der Waals surface area contributed by atoms with Gasteiger partial charge in [-0.05, 0) is 23.1 Å². The Kier molecular flexibility index (Phi) is 5.18. The van der Waals surface area contributed by atoms with Gasteiger partial charge in [0.1, 0.15) is 0 Å². The van der Waals surface area contributed by atoms with Crippen molar-refractivity contribution in [2.24, 2.45) is 11.3 Å². The van der Waals surface area contributed by atoms with Crippen molar-refractivity contribution in [2.75, 3.05) is 7.11 Å². The van der Waals surface area contributed by atoms with Crippen molar-refractivity contribution in [1.82, 2.24) is 5.43 Å². The summed E-state index contributed by atoms with van der Waals surface area (Å²) in [5, 5.41) is 0. The normalized spacial score (nSPS) is 16.0. The van der Waals surface area contributed by atoms with Gasteiger partial charge in [0, 0.05) is 7.11 Å². The third-order valence-corrected chi connectivity index (χ3v) is 3.16. The highest BCUT2D eigenvalue weighted by Crippen LogP contribution is 2.35. The molecule has 20 heavy (non-hydrogen) atoms. The van der Waals surface area contributed by atoms with Crippen LogP contribution in [-0.2, 0) is 10.9 Å². The fraction of sp³-hybridized carbons (Fsp3) is 0.571. The molecule has 0 bridgehead atoms. The molecule has 1 aromatic rings. The fourth-order valence-electron chi connectivity index (χ4n) is 2.26. The van der Waals surface area contributed by atoms with Crippen molar-refractivity contribution in [1.29, 1.82) is 0 Å². The second-order valence-corrected chi connectivity index (χ2v) is 5.79. The summed E-state index contributed by atoms with van der Waals surface area (Å²) >= 11 is 0. The number of hydrazine groups is 1. The van der Waals surface area contributed by atoms with Gasteiger partial charge in [0.15, 0.2) is 0 Å². The maximum absolute atomic E-state index is 12.8. The Balaban J connectivity index is 3.19. The Morgan fingerprint density at radius 2 is 1.80 bits per heavy atom. The molecule has 3 nitrogen and oxygen atoms in total. The van der Waals surface area contributed by atoms with Crippen molar-refractivity contribution in [3.8, 4) is 0 Å². The summed E-state index contributed by atoms with van der Waals surface area (Å²) in [6.07, 6.45) is -4.74. The minimum atomic E-state index is -4.38. The lowest BCUT2D eigenvalue weighted by molar-refractivity contribution is -0.137. The van der Waals surface area contributed by atoms with Crippen LogP contribution in [0.2, 0.25) is 0 Å². The highest BCUT2D eigenvalue weighted by atomic mass is 19.4. The Labute approximate surface area is 117 Å². The van der Waals surface area contributed by atoms with E-state index < -0.39 is 17.8 Å². The second kappa shape index (κ2) is 6.11. The molecule has 0 saturated heterocycles. The molecular formula is C14H21F3N2O. The first-order valence-corrected chi connectivity index (χ1v) is 6.27. The van der Waals surface area contributed by atoms with E-state index in [0.29, 0.717) is 5.56 Å². The molecule has 0 amide bonds. The Bertz CT molecular complexity index is 441. The SMILES string of the molecule is COC(C(NN)c1cccc(C(F)(F)F)c1)C(C)(C)C. The van der Waals surface area contributed by atoms with Crippen molar-refractivity contribution in [2.45, 2.75) is 39.1 Å². The molecule has 0 radical (unpaired) electrons. The second-order valence-electron chi connectivity index (χ2n) is 5.79. The highest BCUT2D eigenvalue weighted by molar-refractivity contribution is 5.29. The fourth-order valence-corrected chi connectivity index (χ4v) is 2.26. The Morgan fingerprint density at radius 1 is 1.20 bits per heavy atom. The Hall–Kier alpha value is -1.11. The predicted octanol–water partition coefficient (Wildman–Crippen LogP) is 3.27. The van der Waals surface area contributed by atoms with Gasteiger partial charge in [-0.25, -0.2) is 0 Å². The highest BCUT2D eigenvalue weighted by Gasteiger charge is 2.35. The van der Waals surface area contributed by atoms with Gasteiger partial charge in [0.25, 0.3) is 0 Å². The number of hydrogen-bond acceptors (Lipinski definition) is 3. The molecule has 0 spiro atoms. The number of nitrogens with two attached hydrogens (primary N) is 1. The first kappa shape index (κ1) is 16.9. The van der Waals surface area contributed by atoms with Gasteiger partial charge in [0.05, 0.1) is 17.7 Å². The standard InChI is InChI=1S/C14H21F3N2O/c1-13(2,3)12(20-4)11(19-18)9-6-5-7-10(8-9)14(15,16)17/h5-8,11-12,19H,18H2,1-4H3. The van der Waals surface area contributed by atoms with E-state index in [1.807, 2.05) is 20.8 Å². The molecule has 2 atom stereocenters. The Morgan fingerprint density at radius 3 is 2.20 bits per heavy atom. The van der Waals surface area contributed by atoms with Crippen molar-refractivity contribution >= 4 is 0 Å². The molecule has 0 fully saturated rings. The summed E-state index contributed by atoms with van der Waals surface area (Å²) in [5.74, 6) is 5.53. The average molecular weight is 290 g/mol. The lowest BCUT2D eigenvalue weighted by Crippen LogP contribution is -2.44. The van der Waals surface area contributed by atoms with E-state index in [0.717, 1.165) is 12.1 Å². The molecule has 0 saturated carbocycles. The van der Waals surface area contributed by atoms with Crippen LogP contribution in [0.4, 0.5) is 13.2 Å². The summed E-state index contributed by atoms with van der Waals surface area (Å²) in [5.41, 5.74) is 2.04. The van der Waals surface area contributed by atoms with Crippen LogP contribution in [0.3, 0.4) is 0 Å². The van der Waals surface area contributed by atoms with Gasteiger partial charge in [0.2, 0.25) is 0 Å². The number of methoxy groups -OCH3 is 1. The smallest absolute Gasteiger partial charge is 0.379 e. The zero-order valence-electron chi connectivity index (χ0n) is 12.1. The summed E-state index contributed by atoms with van der Waals surface area (Å²) in [7, 11) is 1.52. The van der Waals surface area contributed by atoms with E-state index in [4.69, 9.17) is 10.6 Å². The summed E-state index contributed by atoms with van der Waals surface area (Å²) in [6, 6.07) is 4.59.